The molecule has 7 rings (SSSR count). The fourth-order valence-electron chi connectivity index (χ4n) is 8.59. The normalized spacial score (nSPS) is 27.0. The van der Waals surface area contributed by atoms with Crippen LogP contribution in [0.25, 0.3) is 0 Å². The molecule has 4 amide bonds. The Morgan fingerprint density at radius 2 is 1.71 bits per heavy atom. The number of allylic oxidation sites excluding steroid dienone is 2. The van der Waals surface area contributed by atoms with Crippen LogP contribution in [-0.2, 0) is 30.8 Å². The van der Waals surface area contributed by atoms with Gasteiger partial charge in [0, 0.05) is 23.7 Å². The second-order valence-corrected chi connectivity index (χ2v) is 14.2. The van der Waals surface area contributed by atoms with E-state index >= 15 is 4.79 Å². The van der Waals surface area contributed by atoms with Gasteiger partial charge < -0.3 is 9.84 Å². The number of halogens is 5. The highest BCUT2D eigenvalue weighted by molar-refractivity contribution is 6.33. The number of hydrazine groups is 1. The molecule has 1 aromatic heterocycles. The summed E-state index contributed by atoms with van der Waals surface area (Å²) in [5.74, 6) is -5.82. The van der Waals surface area contributed by atoms with Crippen molar-refractivity contribution < 1.29 is 42.2 Å². The number of anilines is 1. The van der Waals surface area contributed by atoms with Gasteiger partial charge in [-0.25, -0.2) is 4.98 Å². The molecule has 2 aliphatic heterocycles. The Kier molecular flexibility index (Phi) is 9.33. The molecule has 6 unspecified atom stereocenters. The Bertz CT molecular complexity index is 1970. The Hall–Kier alpha value is -4.46. The van der Waals surface area contributed by atoms with Crippen LogP contribution in [0.5, 0.6) is 5.75 Å². The van der Waals surface area contributed by atoms with Crippen molar-refractivity contribution >= 4 is 52.6 Å². The molecule has 2 aliphatic carbocycles. The van der Waals surface area contributed by atoms with E-state index in [0.717, 1.165) is 10.6 Å². The highest BCUT2D eigenvalue weighted by Crippen LogP contribution is 2.64. The predicted molar refractivity (Wildman–Crippen MR) is 183 cm³/mol. The number of rotatable bonds is 9. The molecule has 52 heavy (non-hydrogen) atoms. The zero-order valence-corrected chi connectivity index (χ0v) is 29.2. The van der Waals surface area contributed by atoms with E-state index in [4.69, 9.17) is 27.9 Å². The summed E-state index contributed by atoms with van der Waals surface area (Å²) < 4.78 is 45.9. The first kappa shape index (κ1) is 35.9. The fraction of sp³-hybridized carbons (Fsp3) is 0.378. The lowest BCUT2D eigenvalue weighted by Gasteiger charge is -2.50. The van der Waals surface area contributed by atoms with Crippen LogP contribution in [0, 0.1) is 23.7 Å². The Labute approximate surface area is 306 Å². The first-order valence-electron chi connectivity index (χ1n) is 16.9. The standard InChI is InChI=1S/C37H33Cl2F3N4O6/c1-2-13-45-32(48)25-12-11-24-26(29(25)34(45)50)17-27-33(49)46(44-31-28(39)16-21(18-43-31)37(40,41)42)35(51)36(27,20-5-7-22(38)8-6-20)30(24)19-3-9-23(10-4-19)52-15-14-47/h3-11,16,18,25-27,29-30,47H,2,12-15,17H2,1H3,(H,43,44). The summed E-state index contributed by atoms with van der Waals surface area (Å²) in [6, 6.07) is 14.1. The van der Waals surface area contributed by atoms with Crippen molar-refractivity contribution in [3.63, 3.8) is 0 Å². The molecule has 2 N–H and O–H groups in total. The number of fused-ring (bicyclic) bond motifs is 4. The molecule has 1 saturated carbocycles. The second kappa shape index (κ2) is 13.5. The van der Waals surface area contributed by atoms with Gasteiger partial charge in [0.2, 0.25) is 11.8 Å². The maximum atomic E-state index is 15.2. The highest BCUT2D eigenvalue weighted by Gasteiger charge is 2.70. The number of carbonyl (C=O) groups excluding carboxylic acids is 4. The third-order valence-corrected chi connectivity index (χ3v) is 11.2. The Morgan fingerprint density at radius 1 is 1.00 bits per heavy atom. The maximum absolute atomic E-state index is 15.2. The zero-order valence-electron chi connectivity index (χ0n) is 27.7. The first-order valence-corrected chi connectivity index (χ1v) is 17.6. The van der Waals surface area contributed by atoms with Crippen LogP contribution in [0.4, 0.5) is 19.0 Å². The van der Waals surface area contributed by atoms with Crippen molar-refractivity contribution in [2.75, 3.05) is 25.2 Å². The quantitative estimate of drug-likeness (QED) is 0.196. The van der Waals surface area contributed by atoms with E-state index in [1.165, 1.54) is 4.90 Å². The average Bonchev–Trinajstić information content (AvgIpc) is 3.49. The lowest BCUT2D eigenvalue weighted by molar-refractivity contribution is -0.141. The van der Waals surface area contributed by atoms with Gasteiger partial charge in [0.05, 0.1) is 40.4 Å². The number of nitrogens with zero attached hydrogens (tertiary/aromatic N) is 3. The molecule has 6 atom stereocenters. The summed E-state index contributed by atoms with van der Waals surface area (Å²) in [5.41, 5.74) is 1.65. The lowest BCUT2D eigenvalue weighted by Crippen LogP contribution is -2.53. The second-order valence-electron chi connectivity index (χ2n) is 13.4. The molecule has 272 valence electrons. The van der Waals surface area contributed by atoms with Crippen LogP contribution in [0.2, 0.25) is 10.0 Å². The molecule has 0 bridgehead atoms. The number of amides is 4. The molecule has 3 fully saturated rings. The number of aliphatic hydroxyl groups is 1. The van der Waals surface area contributed by atoms with E-state index in [-0.39, 0.29) is 50.2 Å². The average molecular weight is 758 g/mol. The van der Waals surface area contributed by atoms with Gasteiger partial charge in [-0.1, -0.05) is 66.0 Å². The molecular weight excluding hydrogens is 724 g/mol. The number of aliphatic hydroxyl groups excluding tert-OH is 1. The van der Waals surface area contributed by atoms with Gasteiger partial charge in [-0.3, -0.25) is 29.5 Å². The van der Waals surface area contributed by atoms with Crippen molar-refractivity contribution in [1.82, 2.24) is 14.9 Å². The van der Waals surface area contributed by atoms with Gasteiger partial charge in [-0.2, -0.15) is 18.2 Å². The zero-order chi connectivity index (χ0) is 37.1. The number of carbonyl (C=O) groups is 4. The van der Waals surface area contributed by atoms with Crippen LogP contribution >= 0.6 is 23.2 Å². The number of hydrogen-bond acceptors (Lipinski definition) is 8. The van der Waals surface area contributed by atoms with Crippen molar-refractivity contribution in [1.29, 1.82) is 0 Å². The summed E-state index contributed by atoms with van der Waals surface area (Å²) in [5, 5.41) is 9.95. The number of alkyl halides is 3. The minimum Gasteiger partial charge on any atom is -0.491 e. The summed E-state index contributed by atoms with van der Waals surface area (Å²) in [6.45, 7) is 1.98. The van der Waals surface area contributed by atoms with Crippen LogP contribution < -0.4 is 10.2 Å². The van der Waals surface area contributed by atoms with Gasteiger partial charge in [-0.15, -0.1) is 0 Å². The third-order valence-electron chi connectivity index (χ3n) is 10.7. The van der Waals surface area contributed by atoms with Crippen molar-refractivity contribution in [2.24, 2.45) is 23.7 Å². The summed E-state index contributed by atoms with van der Waals surface area (Å²) >= 11 is 12.5. The van der Waals surface area contributed by atoms with Crippen LogP contribution in [-0.4, -0.2) is 63.4 Å². The number of nitrogens with one attached hydrogen (secondary N) is 1. The smallest absolute Gasteiger partial charge is 0.417 e. The van der Waals surface area contributed by atoms with Crippen molar-refractivity contribution in [3.8, 4) is 5.75 Å². The van der Waals surface area contributed by atoms with E-state index in [0.29, 0.717) is 40.6 Å². The molecule has 0 spiro atoms. The van der Waals surface area contributed by atoms with Gasteiger partial charge in [-0.05, 0) is 66.6 Å². The molecule has 3 heterocycles. The van der Waals surface area contributed by atoms with Gasteiger partial charge >= 0.3 is 6.18 Å². The van der Waals surface area contributed by atoms with E-state index in [1.807, 2.05) is 13.0 Å². The van der Waals surface area contributed by atoms with Crippen LogP contribution in [0.1, 0.15) is 48.8 Å². The topological polar surface area (TPSA) is 129 Å². The molecule has 2 saturated heterocycles. The fourth-order valence-corrected chi connectivity index (χ4v) is 8.92. The Morgan fingerprint density at radius 3 is 2.35 bits per heavy atom. The van der Waals surface area contributed by atoms with Gasteiger partial charge in [0.15, 0.2) is 5.82 Å². The molecule has 0 radical (unpaired) electrons. The molecule has 10 nitrogen and oxygen atoms in total. The predicted octanol–water partition coefficient (Wildman–Crippen LogP) is 6.17. The summed E-state index contributed by atoms with van der Waals surface area (Å²) in [6.07, 6.45) is -1.41. The SMILES string of the molecule is CCCN1C(=O)C2CC=C3C(CC4C(=O)N(Nc5ncc(C(F)(F)F)cc5Cl)C(=O)C4(c4ccc(Cl)cc4)C3c3ccc(OCCO)cc3)C2C1=O. The van der Waals surface area contributed by atoms with Crippen molar-refractivity contribution in [3.05, 3.63) is 99.2 Å². The van der Waals surface area contributed by atoms with Crippen LogP contribution in [0.15, 0.2) is 72.4 Å². The van der Waals surface area contributed by atoms with Gasteiger partial charge in [0.1, 0.15) is 12.4 Å². The number of aromatic nitrogens is 1. The Balaban J connectivity index is 1.41. The minimum absolute atomic E-state index is 0.0275. The van der Waals surface area contributed by atoms with E-state index < -0.39 is 63.6 Å². The molecule has 2 aromatic carbocycles. The van der Waals surface area contributed by atoms with E-state index in [1.54, 1.807) is 48.5 Å². The number of benzene rings is 2. The van der Waals surface area contributed by atoms with Gasteiger partial charge in [0.25, 0.3) is 11.8 Å². The van der Waals surface area contributed by atoms with E-state index in [2.05, 4.69) is 10.4 Å². The third kappa shape index (κ3) is 5.64. The highest BCUT2D eigenvalue weighted by atomic mass is 35.5. The number of likely N-dealkylation sites (tertiary alicyclic amines) is 1. The maximum Gasteiger partial charge on any atom is 0.417 e. The lowest BCUT2D eigenvalue weighted by atomic mass is 9.49. The number of ether oxygens (including phenoxy) is 1. The molecular formula is C37H33Cl2F3N4O6. The van der Waals surface area contributed by atoms with Crippen molar-refractivity contribution in [2.45, 2.75) is 43.7 Å². The molecule has 15 heteroatoms. The monoisotopic (exact) mass is 756 g/mol. The first-order chi connectivity index (χ1) is 24.8. The minimum atomic E-state index is -4.73. The number of imide groups is 2. The molecule has 3 aromatic rings. The number of hydrogen-bond donors (Lipinski definition) is 2. The summed E-state index contributed by atoms with van der Waals surface area (Å²) in [4.78, 5) is 62.5. The van der Waals surface area contributed by atoms with Crippen LogP contribution in [0.3, 0.4) is 0 Å². The largest absolute Gasteiger partial charge is 0.491 e. The summed E-state index contributed by atoms with van der Waals surface area (Å²) in [7, 11) is 0. The molecule has 4 aliphatic rings. The van der Waals surface area contributed by atoms with E-state index in [9.17, 15) is 32.7 Å². The number of pyridine rings is 1.